The summed E-state index contributed by atoms with van der Waals surface area (Å²) in [6.45, 7) is 10.3. The van der Waals surface area contributed by atoms with Crippen LogP contribution in [0.5, 0.6) is 0 Å². The Morgan fingerprint density at radius 2 is 2.20 bits per heavy atom. The second kappa shape index (κ2) is 7.18. The molecule has 1 aliphatic carbocycles. The Morgan fingerprint density at radius 1 is 1.40 bits per heavy atom. The number of fused-ring (bicyclic) bond motifs is 1. The molecule has 130 valence electrons. The molecule has 1 unspecified atom stereocenters. The van der Waals surface area contributed by atoms with E-state index < -0.39 is 0 Å². The number of likely N-dealkylation sites (N-methyl/N-ethyl adjacent to an activating group) is 1. The SMILES string of the molecule is C=CCCC1C=CC(N(C)C(=C)c2ccc3c(c2)c(C)cn3C)=CC1. The van der Waals surface area contributed by atoms with E-state index in [0.717, 1.165) is 18.5 Å². The third-order valence-corrected chi connectivity index (χ3v) is 5.22. The zero-order valence-electron chi connectivity index (χ0n) is 15.6. The van der Waals surface area contributed by atoms with Crippen LogP contribution in [0.15, 0.2) is 67.6 Å². The van der Waals surface area contributed by atoms with E-state index in [1.54, 1.807) is 0 Å². The molecule has 1 aliphatic rings. The van der Waals surface area contributed by atoms with E-state index >= 15 is 0 Å². The maximum atomic E-state index is 4.34. The average molecular weight is 332 g/mol. The molecule has 0 radical (unpaired) electrons. The summed E-state index contributed by atoms with van der Waals surface area (Å²) < 4.78 is 2.18. The summed E-state index contributed by atoms with van der Waals surface area (Å²) in [5.74, 6) is 0.631. The van der Waals surface area contributed by atoms with Crippen LogP contribution >= 0.6 is 0 Å². The van der Waals surface area contributed by atoms with Crippen molar-refractivity contribution in [2.75, 3.05) is 7.05 Å². The van der Waals surface area contributed by atoms with Gasteiger partial charge in [0.2, 0.25) is 0 Å². The first-order valence-electron chi connectivity index (χ1n) is 8.99. The second-order valence-electron chi connectivity index (χ2n) is 7.01. The summed E-state index contributed by atoms with van der Waals surface area (Å²) in [4.78, 5) is 2.19. The fourth-order valence-electron chi connectivity index (χ4n) is 3.57. The Morgan fingerprint density at radius 3 is 2.88 bits per heavy atom. The Bertz CT molecular complexity index is 864. The Balaban J connectivity index is 1.77. The largest absolute Gasteiger partial charge is 0.350 e. The van der Waals surface area contributed by atoms with Gasteiger partial charge in [0.05, 0.1) is 0 Å². The number of allylic oxidation sites excluding steroid dienone is 4. The van der Waals surface area contributed by atoms with Crippen molar-refractivity contribution in [1.29, 1.82) is 0 Å². The number of nitrogens with zero attached hydrogens (tertiary/aromatic N) is 2. The number of rotatable bonds is 6. The van der Waals surface area contributed by atoms with Crippen molar-refractivity contribution in [2.24, 2.45) is 13.0 Å². The van der Waals surface area contributed by atoms with E-state index in [9.17, 15) is 0 Å². The molecule has 3 rings (SSSR count). The number of hydrogen-bond acceptors (Lipinski definition) is 1. The van der Waals surface area contributed by atoms with Crippen molar-refractivity contribution >= 4 is 16.6 Å². The first kappa shape index (κ1) is 17.3. The second-order valence-corrected chi connectivity index (χ2v) is 7.01. The molecule has 0 saturated heterocycles. The van der Waals surface area contributed by atoms with Crippen molar-refractivity contribution < 1.29 is 0 Å². The van der Waals surface area contributed by atoms with Crippen LogP contribution in [0, 0.1) is 12.8 Å². The van der Waals surface area contributed by atoms with E-state index in [-0.39, 0.29) is 0 Å². The molecule has 0 aliphatic heterocycles. The summed E-state index contributed by atoms with van der Waals surface area (Å²) in [6.07, 6.45) is 14.4. The van der Waals surface area contributed by atoms with Crippen molar-refractivity contribution in [3.63, 3.8) is 0 Å². The Kier molecular flexibility index (Phi) is 4.98. The fraction of sp³-hybridized carbons (Fsp3) is 0.304. The number of aromatic nitrogens is 1. The predicted molar refractivity (Wildman–Crippen MR) is 109 cm³/mol. The maximum absolute atomic E-state index is 4.34. The normalized spacial score (nSPS) is 16.8. The van der Waals surface area contributed by atoms with Crippen molar-refractivity contribution in [3.8, 4) is 0 Å². The molecule has 0 N–H and O–H groups in total. The van der Waals surface area contributed by atoms with Crippen molar-refractivity contribution in [2.45, 2.75) is 26.2 Å². The third kappa shape index (κ3) is 3.48. The van der Waals surface area contributed by atoms with Gasteiger partial charge in [0.15, 0.2) is 0 Å². The van der Waals surface area contributed by atoms with Gasteiger partial charge in [-0.15, -0.1) is 6.58 Å². The van der Waals surface area contributed by atoms with Gasteiger partial charge in [0, 0.05) is 42.6 Å². The molecule has 0 saturated carbocycles. The van der Waals surface area contributed by atoms with Crippen LogP contribution < -0.4 is 0 Å². The Hall–Kier alpha value is -2.48. The molecule has 1 aromatic carbocycles. The van der Waals surface area contributed by atoms with Crippen molar-refractivity contribution in [1.82, 2.24) is 9.47 Å². The molecule has 2 heteroatoms. The monoisotopic (exact) mass is 332 g/mol. The number of benzene rings is 1. The zero-order chi connectivity index (χ0) is 18.0. The fourth-order valence-corrected chi connectivity index (χ4v) is 3.57. The minimum Gasteiger partial charge on any atom is -0.350 e. The highest BCUT2D eigenvalue weighted by Crippen LogP contribution is 2.29. The van der Waals surface area contributed by atoms with Gasteiger partial charge in [-0.25, -0.2) is 0 Å². The molecule has 0 bridgehead atoms. The lowest BCUT2D eigenvalue weighted by molar-refractivity contribution is 0.560. The van der Waals surface area contributed by atoms with Gasteiger partial charge in [0.1, 0.15) is 0 Å². The molecule has 0 spiro atoms. The highest BCUT2D eigenvalue weighted by atomic mass is 15.1. The van der Waals surface area contributed by atoms with Gasteiger partial charge in [0.25, 0.3) is 0 Å². The number of aryl methyl sites for hydroxylation is 2. The van der Waals surface area contributed by atoms with E-state index in [2.05, 4.69) is 86.3 Å². The maximum Gasteiger partial charge on any atom is 0.0480 e. The molecule has 2 nitrogen and oxygen atoms in total. The third-order valence-electron chi connectivity index (χ3n) is 5.22. The van der Waals surface area contributed by atoms with Crippen LogP contribution in [0.1, 0.15) is 30.4 Å². The molecular weight excluding hydrogens is 304 g/mol. The van der Waals surface area contributed by atoms with Gasteiger partial charge in [-0.3, -0.25) is 0 Å². The Labute approximate surface area is 151 Å². The first-order valence-corrected chi connectivity index (χ1v) is 8.99. The van der Waals surface area contributed by atoms with Gasteiger partial charge < -0.3 is 9.47 Å². The molecule has 25 heavy (non-hydrogen) atoms. The minimum absolute atomic E-state index is 0.631. The number of hydrogen-bond donors (Lipinski definition) is 0. The summed E-state index contributed by atoms with van der Waals surface area (Å²) in [5, 5.41) is 1.30. The van der Waals surface area contributed by atoms with Crippen LogP contribution in [-0.4, -0.2) is 16.5 Å². The summed E-state index contributed by atoms with van der Waals surface area (Å²) >= 11 is 0. The predicted octanol–water partition coefficient (Wildman–Crippen LogP) is 5.82. The molecule has 0 fully saturated rings. The highest BCUT2D eigenvalue weighted by Gasteiger charge is 2.14. The molecule has 0 amide bonds. The summed E-state index contributed by atoms with van der Waals surface area (Å²) in [5.41, 5.74) is 6.00. The molecule has 1 heterocycles. The van der Waals surface area contributed by atoms with E-state index in [1.807, 2.05) is 6.08 Å². The van der Waals surface area contributed by atoms with E-state index in [0.29, 0.717) is 5.92 Å². The summed E-state index contributed by atoms with van der Waals surface area (Å²) in [6, 6.07) is 6.61. The van der Waals surface area contributed by atoms with E-state index in [1.165, 1.54) is 34.1 Å². The zero-order valence-corrected chi connectivity index (χ0v) is 15.6. The molecule has 1 aromatic heterocycles. The van der Waals surface area contributed by atoms with Gasteiger partial charge in [-0.05, 0) is 61.4 Å². The van der Waals surface area contributed by atoms with Crippen LogP contribution in [-0.2, 0) is 7.05 Å². The van der Waals surface area contributed by atoms with Gasteiger partial charge >= 0.3 is 0 Å². The van der Waals surface area contributed by atoms with Crippen LogP contribution in [0.3, 0.4) is 0 Å². The molecular formula is C23H28N2. The lowest BCUT2D eigenvalue weighted by atomic mass is 9.94. The van der Waals surface area contributed by atoms with Crippen LogP contribution in [0.25, 0.3) is 16.6 Å². The van der Waals surface area contributed by atoms with Crippen molar-refractivity contribution in [3.05, 3.63) is 78.7 Å². The minimum atomic E-state index is 0.631. The molecule has 2 aromatic rings. The standard InChI is InChI=1S/C23H28N2/c1-6-7-8-19-9-12-21(13-10-19)25(5)18(3)20-11-14-23-22(15-20)17(2)16-24(23)4/h6,9,11-16,19H,1,3,7-8,10H2,2,4-5H3. The smallest absolute Gasteiger partial charge is 0.0480 e. The first-order chi connectivity index (χ1) is 12.0. The average Bonchev–Trinajstić information content (AvgIpc) is 2.92. The van der Waals surface area contributed by atoms with Gasteiger partial charge in [-0.1, -0.05) is 30.9 Å². The molecule has 1 atom stereocenters. The lowest BCUT2D eigenvalue weighted by Crippen LogP contribution is -2.16. The topological polar surface area (TPSA) is 8.17 Å². The lowest BCUT2D eigenvalue weighted by Gasteiger charge is -2.26. The quantitative estimate of drug-likeness (QED) is 0.606. The van der Waals surface area contributed by atoms with Crippen LogP contribution in [0.4, 0.5) is 0 Å². The summed E-state index contributed by atoms with van der Waals surface area (Å²) in [7, 11) is 4.20. The highest BCUT2D eigenvalue weighted by molar-refractivity contribution is 5.87. The van der Waals surface area contributed by atoms with E-state index in [4.69, 9.17) is 0 Å². The van der Waals surface area contributed by atoms with Gasteiger partial charge in [-0.2, -0.15) is 0 Å². The van der Waals surface area contributed by atoms with Crippen LogP contribution in [0.2, 0.25) is 0 Å².